The lowest BCUT2D eigenvalue weighted by Gasteiger charge is -2.11. The number of amides is 2. The van der Waals surface area contributed by atoms with Gasteiger partial charge in [-0.25, -0.2) is 4.79 Å². The van der Waals surface area contributed by atoms with E-state index in [0.29, 0.717) is 17.8 Å². The first-order chi connectivity index (χ1) is 13.4. The zero-order valence-corrected chi connectivity index (χ0v) is 16.5. The van der Waals surface area contributed by atoms with Gasteiger partial charge in [-0.05, 0) is 51.1 Å². The lowest BCUT2D eigenvalue weighted by atomic mass is 10.2. The highest BCUT2D eigenvalue weighted by atomic mass is 16.5. The summed E-state index contributed by atoms with van der Waals surface area (Å²) in [4.78, 5) is 35.5. The van der Waals surface area contributed by atoms with Crippen LogP contribution in [0.2, 0.25) is 0 Å². The molecule has 0 saturated carbocycles. The van der Waals surface area contributed by atoms with Gasteiger partial charge in [0, 0.05) is 23.6 Å². The largest absolute Gasteiger partial charge is 0.497 e. The van der Waals surface area contributed by atoms with E-state index in [4.69, 9.17) is 9.47 Å². The third-order valence-corrected chi connectivity index (χ3v) is 4.14. The summed E-state index contributed by atoms with van der Waals surface area (Å²) in [5, 5.41) is 4.96. The first kappa shape index (κ1) is 21.0. The van der Waals surface area contributed by atoms with Crippen LogP contribution in [-0.2, 0) is 14.3 Å². The second-order valence-corrected chi connectivity index (χ2v) is 6.12. The molecule has 0 aliphatic heterocycles. The number of aromatic nitrogens is 1. The Labute approximate surface area is 163 Å². The Morgan fingerprint density at radius 3 is 2.32 bits per heavy atom. The molecule has 1 aromatic heterocycles. The molecule has 0 fully saturated rings. The summed E-state index contributed by atoms with van der Waals surface area (Å²) in [6.45, 7) is 5.34. The summed E-state index contributed by atoms with van der Waals surface area (Å²) in [7, 11) is 1.60. The van der Waals surface area contributed by atoms with Crippen molar-refractivity contribution < 1.29 is 23.9 Å². The predicted molar refractivity (Wildman–Crippen MR) is 104 cm³/mol. The van der Waals surface area contributed by atoms with Gasteiger partial charge in [-0.15, -0.1) is 0 Å². The van der Waals surface area contributed by atoms with Gasteiger partial charge in [-0.2, -0.15) is 0 Å². The van der Waals surface area contributed by atoms with Gasteiger partial charge in [0.2, 0.25) is 5.91 Å². The molecule has 0 unspecified atom stereocenters. The number of benzene rings is 1. The number of nitrogens with zero attached hydrogens (tertiary/aromatic N) is 1. The molecule has 8 heteroatoms. The molecule has 0 radical (unpaired) electrons. The van der Waals surface area contributed by atoms with Crippen molar-refractivity contribution in [3.63, 3.8) is 0 Å². The highest BCUT2D eigenvalue weighted by Gasteiger charge is 2.19. The van der Waals surface area contributed by atoms with Crippen LogP contribution < -0.4 is 15.4 Å². The maximum absolute atomic E-state index is 12.4. The highest BCUT2D eigenvalue weighted by molar-refractivity contribution is 5.93. The molecule has 0 saturated heterocycles. The number of nitrogens with one attached hydrogen (secondary N) is 2. The standard InChI is InChI=1S/C20H25N3O5/c1-5-21-18(24)11-22-19(25)12-28-20(26)17-10-13(2)23(14(17)3)15-6-8-16(27-4)9-7-15/h6-10H,5,11-12H2,1-4H3,(H,21,24)(H,22,25). The number of carbonyl (C=O) groups is 3. The van der Waals surface area contributed by atoms with Gasteiger partial charge in [-0.3, -0.25) is 9.59 Å². The second-order valence-electron chi connectivity index (χ2n) is 6.12. The van der Waals surface area contributed by atoms with Crippen LogP contribution in [0.3, 0.4) is 0 Å². The summed E-state index contributed by atoms with van der Waals surface area (Å²) in [5.74, 6) is -0.695. The molecule has 0 aliphatic rings. The summed E-state index contributed by atoms with van der Waals surface area (Å²) < 4.78 is 12.2. The number of ether oxygens (including phenoxy) is 2. The fraction of sp³-hybridized carbons (Fsp3) is 0.350. The fourth-order valence-electron chi connectivity index (χ4n) is 2.80. The van der Waals surface area contributed by atoms with Crippen LogP contribution in [0.25, 0.3) is 5.69 Å². The van der Waals surface area contributed by atoms with Crippen LogP contribution in [0.5, 0.6) is 5.75 Å². The smallest absolute Gasteiger partial charge is 0.340 e. The minimum absolute atomic E-state index is 0.157. The Hall–Kier alpha value is -3.29. The first-order valence-electron chi connectivity index (χ1n) is 8.91. The second kappa shape index (κ2) is 9.59. The maximum Gasteiger partial charge on any atom is 0.340 e. The van der Waals surface area contributed by atoms with Crippen LogP contribution in [0.15, 0.2) is 30.3 Å². The molecular weight excluding hydrogens is 362 g/mol. The van der Waals surface area contributed by atoms with Crippen molar-refractivity contribution in [3.05, 3.63) is 47.3 Å². The highest BCUT2D eigenvalue weighted by Crippen LogP contribution is 2.23. The maximum atomic E-state index is 12.4. The normalized spacial score (nSPS) is 10.3. The van der Waals surface area contributed by atoms with Gasteiger partial charge in [0.05, 0.1) is 19.2 Å². The molecule has 0 bridgehead atoms. The molecule has 8 nitrogen and oxygen atoms in total. The Balaban J connectivity index is 2.02. The summed E-state index contributed by atoms with van der Waals surface area (Å²) in [6, 6.07) is 9.18. The van der Waals surface area contributed by atoms with Crippen molar-refractivity contribution in [2.45, 2.75) is 20.8 Å². The fourth-order valence-corrected chi connectivity index (χ4v) is 2.80. The van der Waals surface area contributed by atoms with Gasteiger partial charge in [0.15, 0.2) is 6.61 Å². The van der Waals surface area contributed by atoms with Crippen molar-refractivity contribution in [2.75, 3.05) is 26.8 Å². The van der Waals surface area contributed by atoms with Crippen LogP contribution >= 0.6 is 0 Å². The molecule has 0 atom stereocenters. The van der Waals surface area contributed by atoms with Gasteiger partial charge in [-0.1, -0.05) is 0 Å². The third-order valence-electron chi connectivity index (χ3n) is 4.14. The van der Waals surface area contributed by atoms with Crippen molar-refractivity contribution >= 4 is 17.8 Å². The predicted octanol–water partition coefficient (Wildman–Crippen LogP) is 1.51. The molecule has 2 aromatic rings. The average molecular weight is 387 g/mol. The summed E-state index contributed by atoms with van der Waals surface area (Å²) in [5.41, 5.74) is 2.82. The Morgan fingerprint density at radius 2 is 1.71 bits per heavy atom. The van der Waals surface area contributed by atoms with E-state index in [9.17, 15) is 14.4 Å². The zero-order chi connectivity index (χ0) is 20.7. The van der Waals surface area contributed by atoms with Gasteiger partial charge < -0.3 is 24.7 Å². The van der Waals surface area contributed by atoms with Gasteiger partial charge >= 0.3 is 5.97 Å². The minimum Gasteiger partial charge on any atom is -0.497 e. The monoisotopic (exact) mass is 387 g/mol. The third kappa shape index (κ3) is 5.12. The van der Waals surface area contributed by atoms with E-state index in [2.05, 4.69) is 10.6 Å². The Morgan fingerprint density at radius 1 is 1.04 bits per heavy atom. The molecule has 0 spiro atoms. The number of aryl methyl sites for hydroxylation is 1. The molecule has 150 valence electrons. The lowest BCUT2D eigenvalue weighted by Crippen LogP contribution is -2.38. The SMILES string of the molecule is CCNC(=O)CNC(=O)COC(=O)c1cc(C)n(-c2ccc(OC)cc2)c1C. The molecular formula is C20H25N3O5. The summed E-state index contributed by atoms with van der Waals surface area (Å²) in [6.07, 6.45) is 0. The average Bonchev–Trinajstić information content (AvgIpc) is 2.99. The number of carbonyl (C=O) groups excluding carboxylic acids is 3. The molecule has 2 N–H and O–H groups in total. The topological polar surface area (TPSA) is 98.7 Å². The van der Waals surface area contributed by atoms with Crippen molar-refractivity contribution in [2.24, 2.45) is 0 Å². The number of likely N-dealkylation sites (N-methyl/N-ethyl adjacent to an activating group) is 1. The van der Waals surface area contributed by atoms with Crippen molar-refractivity contribution in [1.29, 1.82) is 0 Å². The van der Waals surface area contributed by atoms with E-state index in [1.165, 1.54) is 0 Å². The minimum atomic E-state index is -0.596. The number of esters is 1. The van der Waals surface area contributed by atoms with E-state index in [1.54, 1.807) is 20.1 Å². The molecule has 1 heterocycles. The molecule has 2 amide bonds. The van der Waals surface area contributed by atoms with E-state index < -0.39 is 18.5 Å². The molecule has 0 aliphatic carbocycles. The molecule has 2 rings (SSSR count). The number of hydrogen-bond donors (Lipinski definition) is 2. The van der Waals surface area contributed by atoms with Crippen LogP contribution in [0.4, 0.5) is 0 Å². The molecule has 28 heavy (non-hydrogen) atoms. The number of methoxy groups -OCH3 is 1. The van der Waals surface area contributed by atoms with Crippen LogP contribution in [0, 0.1) is 13.8 Å². The van der Waals surface area contributed by atoms with E-state index in [1.807, 2.05) is 42.7 Å². The van der Waals surface area contributed by atoms with E-state index >= 15 is 0 Å². The van der Waals surface area contributed by atoms with E-state index in [0.717, 1.165) is 17.1 Å². The van der Waals surface area contributed by atoms with Crippen molar-refractivity contribution in [1.82, 2.24) is 15.2 Å². The Bertz CT molecular complexity index is 855. The first-order valence-corrected chi connectivity index (χ1v) is 8.91. The zero-order valence-electron chi connectivity index (χ0n) is 16.5. The molecule has 1 aromatic carbocycles. The van der Waals surface area contributed by atoms with E-state index in [-0.39, 0.29) is 12.5 Å². The summed E-state index contributed by atoms with van der Waals surface area (Å²) >= 11 is 0. The number of rotatable bonds is 8. The Kier molecular flexibility index (Phi) is 7.20. The van der Waals surface area contributed by atoms with Gasteiger partial charge in [0.25, 0.3) is 5.91 Å². The quantitative estimate of drug-likeness (QED) is 0.669. The number of hydrogen-bond acceptors (Lipinski definition) is 5. The van der Waals surface area contributed by atoms with Gasteiger partial charge in [0.1, 0.15) is 5.75 Å². The van der Waals surface area contributed by atoms with Crippen LogP contribution in [-0.4, -0.2) is 49.2 Å². The lowest BCUT2D eigenvalue weighted by molar-refractivity contribution is -0.127. The van der Waals surface area contributed by atoms with Crippen LogP contribution in [0.1, 0.15) is 28.7 Å². The van der Waals surface area contributed by atoms with Crippen molar-refractivity contribution in [3.8, 4) is 11.4 Å².